The van der Waals surface area contributed by atoms with Crippen LogP contribution in [0.25, 0.3) is 39.0 Å². The molecule has 3 fully saturated rings. The Bertz CT molecular complexity index is 3530. The SMILES string of the molecule is Cc1cc(-n2nc3c(c2-n2ccn(-c4ccc5c(cnn5C)c4F)c2=O)[C@@H]2CCC[C@H](C3)N2S(=O)(=O)c2cc3cc(C4CCOCC4)ccc3n2[C@]2(c3noc(=O)[nH]3)C[C@@H]2C)cc(C)c1F. The van der Waals surface area contributed by atoms with Crippen molar-refractivity contribution in [3.8, 4) is 17.2 Å². The molecule has 0 spiro atoms. The summed E-state index contributed by atoms with van der Waals surface area (Å²) in [5.74, 6) is -1.06. The summed E-state index contributed by atoms with van der Waals surface area (Å²) >= 11 is 0. The summed E-state index contributed by atoms with van der Waals surface area (Å²) in [5, 5.41) is 14.5. The molecule has 2 saturated heterocycles. The molecule has 12 rings (SSSR count). The lowest BCUT2D eigenvalue weighted by molar-refractivity contribution is 0.0853. The molecule has 4 atom stereocenters. The van der Waals surface area contributed by atoms with Crippen molar-refractivity contribution in [3.63, 3.8) is 0 Å². The van der Waals surface area contributed by atoms with Gasteiger partial charge < -0.3 is 9.30 Å². The number of benzene rings is 3. The fourth-order valence-electron chi connectivity index (χ4n) is 11.4. The van der Waals surface area contributed by atoms with Crippen LogP contribution in [0.2, 0.25) is 0 Å². The van der Waals surface area contributed by atoms with Gasteiger partial charge in [-0.1, -0.05) is 18.1 Å². The topological polar surface area (TPSA) is 173 Å². The highest BCUT2D eigenvalue weighted by molar-refractivity contribution is 7.89. The third kappa shape index (κ3) is 5.84. The van der Waals surface area contributed by atoms with Crippen molar-refractivity contribution in [3.05, 3.63) is 134 Å². The van der Waals surface area contributed by atoms with Crippen LogP contribution >= 0.6 is 0 Å². The normalized spacial score (nSPS) is 22.4. The van der Waals surface area contributed by atoms with Gasteiger partial charge in [0.05, 0.1) is 45.7 Å². The van der Waals surface area contributed by atoms with Crippen LogP contribution in [0, 0.1) is 31.4 Å². The van der Waals surface area contributed by atoms with Gasteiger partial charge in [0, 0.05) is 56.1 Å². The molecule has 1 N–H and O–H groups in total. The monoisotopic (exact) mass is 916 g/mol. The third-order valence-electron chi connectivity index (χ3n) is 14.7. The van der Waals surface area contributed by atoms with Gasteiger partial charge in [0.25, 0.3) is 10.0 Å². The molecule has 0 radical (unpaired) electrons. The van der Waals surface area contributed by atoms with E-state index in [0.29, 0.717) is 78.0 Å². The molecule has 19 heteroatoms. The Labute approximate surface area is 376 Å². The zero-order chi connectivity index (χ0) is 45.6. The van der Waals surface area contributed by atoms with Crippen LogP contribution < -0.4 is 11.4 Å². The Morgan fingerprint density at radius 2 is 1.65 bits per heavy atom. The van der Waals surface area contributed by atoms with Crippen LogP contribution in [0.5, 0.6) is 0 Å². The molecule has 0 amide bonds. The summed E-state index contributed by atoms with van der Waals surface area (Å²) in [6, 6.07) is 13.1. The van der Waals surface area contributed by atoms with Gasteiger partial charge in [-0.2, -0.15) is 14.5 Å². The molecular formula is C47H46F2N10O6S. The lowest BCUT2D eigenvalue weighted by Gasteiger charge is -2.44. The Morgan fingerprint density at radius 3 is 2.38 bits per heavy atom. The lowest BCUT2D eigenvalue weighted by atomic mass is 9.85. The maximum atomic E-state index is 16.2. The number of rotatable bonds is 8. The maximum Gasteiger partial charge on any atom is 0.438 e. The highest BCUT2D eigenvalue weighted by atomic mass is 32.2. The second kappa shape index (κ2) is 14.5. The van der Waals surface area contributed by atoms with Gasteiger partial charge in [-0.05, 0) is 123 Å². The summed E-state index contributed by atoms with van der Waals surface area (Å²) < 4.78 is 83.4. The average Bonchev–Trinajstić information content (AvgIpc) is 3.93. The minimum atomic E-state index is -4.42. The first-order valence-corrected chi connectivity index (χ1v) is 23.8. The number of aromatic amines is 1. The van der Waals surface area contributed by atoms with E-state index in [9.17, 15) is 9.59 Å². The fourth-order valence-corrected chi connectivity index (χ4v) is 13.5. The van der Waals surface area contributed by atoms with E-state index in [1.54, 1.807) is 58.8 Å². The van der Waals surface area contributed by atoms with E-state index in [1.807, 2.05) is 17.6 Å². The first-order valence-electron chi connectivity index (χ1n) is 22.4. The van der Waals surface area contributed by atoms with Gasteiger partial charge in [-0.3, -0.25) is 23.3 Å². The number of ether oxygens (including phenoxy) is 1. The molecule has 16 nitrogen and oxygen atoms in total. The molecule has 8 aromatic rings. The highest BCUT2D eigenvalue weighted by Gasteiger charge is 2.60. The van der Waals surface area contributed by atoms with Crippen molar-refractivity contribution in [1.82, 2.24) is 47.7 Å². The molecule has 340 valence electrons. The number of piperidine rings is 1. The molecular weight excluding hydrogens is 871 g/mol. The Morgan fingerprint density at radius 1 is 0.909 bits per heavy atom. The summed E-state index contributed by atoms with van der Waals surface area (Å²) in [7, 11) is -2.71. The number of nitrogens with one attached hydrogen (secondary N) is 1. The molecule has 3 aliphatic heterocycles. The minimum Gasteiger partial charge on any atom is -0.381 e. The van der Waals surface area contributed by atoms with Crippen LogP contribution in [0.15, 0.2) is 86.3 Å². The van der Waals surface area contributed by atoms with E-state index in [-0.39, 0.29) is 51.8 Å². The van der Waals surface area contributed by atoms with E-state index in [0.717, 1.165) is 23.8 Å². The van der Waals surface area contributed by atoms with Gasteiger partial charge in [0.15, 0.2) is 16.7 Å². The third-order valence-corrected chi connectivity index (χ3v) is 16.7. The van der Waals surface area contributed by atoms with Gasteiger partial charge in [0.2, 0.25) is 0 Å². The van der Waals surface area contributed by atoms with E-state index < -0.39 is 44.9 Å². The van der Waals surface area contributed by atoms with Crippen LogP contribution in [-0.4, -0.2) is 75.4 Å². The number of H-pyrrole nitrogens is 1. The number of hydrogen-bond acceptors (Lipinski definition) is 9. The molecule has 3 aromatic carbocycles. The fraction of sp³-hybridized carbons (Fsp3) is 0.383. The van der Waals surface area contributed by atoms with Gasteiger partial charge in [0.1, 0.15) is 17.2 Å². The molecule has 66 heavy (non-hydrogen) atoms. The molecule has 0 unspecified atom stereocenters. The van der Waals surface area contributed by atoms with Crippen molar-refractivity contribution in [2.45, 2.75) is 94.3 Å². The summed E-state index contributed by atoms with van der Waals surface area (Å²) in [6.45, 7) is 6.61. The zero-order valence-corrected chi connectivity index (χ0v) is 37.5. The quantitative estimate of drug-likeness (QED) is 0.173. The largest absolute Gasteiger partial charge is 0.438 e. The van der Waals surface area contributed by atoms with Crippen molar-refractivity contribution in [1.29, 1.82) is 0 Å². The molecule has 1 saturated carbocycles. The van der Waals surface area contributed by atoms with Crippen molar-refractivity contribution >= 4 is 31.8 Å². The number of sulfonamides is 1. The summed E-state index contributed by atoms with van der Waals surface area (Å²) in [6.07, 6.45) is 8.54. The van der Waals surface area contributed by atoms with Crippen LogP contribution in [0.3, 0.4) is 0 Å². The number of halogens is 2. The van der Waals surface area contributed by atoms with Crippen molar-refractivity contribution < 1.29 is 26.5 Å². The Hall–Kier alpha value is -6.44. The van der Waals surface area contributed by atoms with Crippen LogP contribution in [0.4, 0.5) is 8.78 Å². The standard InChI is InChI=1S/C47H46F2N10O6S/c1-25-18-32(19-26(2)41(25)48)58-43(56-15-14-55(46(56)61)38-11-10-36-33(42(38)49)24-50-54(36)4)40-34(52-58)22-31-6-5-7-37(40)59(31)66(62,63)39-21-30-20-29(28-12-16-64-17-13-28)8-9-35(30)57(39)47(23-27(47)3)44-51-45(60)65-53-44/h8-11,14-15,18-21,24,27-28,31,37H,5-7,12-13,16-17,22-23H2,1-4H3,(H,51,53,60)/t27-,31+,37-,47+/m0/s1. The van der Waals surface area contributed by atoms with Gasteiger partial charge >= 0.3 is 11.4 Å². The molecule has 5 aromatic heterocycles. The second-order valence-corrected chi connectivity index (χ2v) is 20.3. The minimum absolute atomic E-state index is 0.0130. The van der Waals surface area contributed by atoms with Crippen molar-refractivity contribution in [2.75, 3.05) is 13.2 Å². The number of hydrogen-bond donors (Lipinski definition) is 1. The summed E-state index contributed by atoms with van der Waals surface area (Å²) in [5.41, 5.74) is 3.08. The number of fused-ring (bicyclic) bond motifs is 6. The molecule has 2 bridgehead atoms. The predicted molar refractivity (Wildman–Crippen MR) is 238 cm³/mol. The van der Waals surface area contributed by atoms with Crippen LogP contribution in [0.1, 0.15) is 91.2 Å². The van der Waals surface area contributed by atoms with E-state index in [1.165, 1.54) is 33.8 Å². The van der Waals surface area contributed by atoms with Crippen molar-refractivity contribution in [2.24, 2.45) is 13.0 Å². The molecule has 1 aliphatic carbocycles. The smallest absolute Gasteiger partial charge is 0.381 e. The molecule has 4 aliphatic rings. The van der Waals surface area contributed by atoms with Gasteiger partial charge in [-0.25, -0.2) is 31.5 Å². The number of nitrogens with zero attached hydrogens (tertiary/aromatic N) is 9. The Balaban J connectivity index is 1.06. The van der Waals surface area contributed by atoms with E-state index in [2.05, 4.69) is 27.4 Å². The van der Waals surface area contributed by atoms with E-state index in [4.69, 9.17) is 14.4 Å². The lowest BCUT2D eigenvalue weighted by Crippen LogP contribution is -2.50. The number of imidazole rings is 1. The molecule has 8 heterocycles. The highest BCUT2D eigenvalue weighted by Crippen LogP contribution is 2.57. The second-order valence-electron chi connectivity index (χ2n) is 18.5. The number of aryl methyl sites for hydroxylation is 3. The number of aromatic nitrogens is 9. The average molecular weight is 917 g/mol. The predicted octanol–water partition coefficient (Wildman–Crippen LogP) is 6.74. The van der Waals surface area contributed by atoms with Crippen LogP contribution in [-0.2, 0) is 33.8 Å². The first-order chi connectivity index (χ1) is 31.8. The zero-order valence-electron chi connectivity index (χ0n) is 36.7. The maximum absolute atomic E-state index is 16.2. The first kappa shape index (κ1) is 41.0. The van der Waals surface area contributed by atoms with Gasteiger partial charge in [-0.15, -0.1) is 0 Å². The van der Waals surface area contributed by atoms with E-state index >= 15 is 17.2 Å². The summed E-state index contributed by atoms with van der Waals surface area (Å²) in [4.78, 5) is 30.1. The Kier molecular flexibility index (Phi) is 9.03.